The van der Waals surface area contributed by atoms with E-state index in [1.807, 2.05) is 6.08 Å². The molecule has 0 N–H and O–H groups in total. The second-order valence-corrected chi connectivity index (χ2v) is 5.64. The molecule has 0 fully saturated rings. The van der Waals surface area contributed by atoms with Crippen molar-refractivity contribution in [1.82, 2.24) is 0 Å². The molecule has 4 heteroatoms. The number of hydrogen-bond donors (Lipinski definition) is 0. The van der Waals surface area contributed by atoms with Crippen LogP contribution < -0.4 is 0 Å². The van der Waals surface area contributed by atoms with Crippen LogP contribution in [0.3, 0.4) is 0 Å². The Balaban J connectivity index is 2.13. The van der Waals surface area contributed by atoms with Crippen LogP contribution in [0, 0.1) is 11.8 Å². The molecule has 0 amide bonds. The average Bonchev–Trinajstić information content (AvgIpc) is 2.36. The van der Waals surface area contributed by atoms with E-state index in [1.165, 1.54) is 0 Å². The van der Waals surface area contributed by atoms with Crippen LogP contribution in [0.25, 0.3) is 0 Å². The van der Waals surface area contributed by atoms with Gasteiger partial charge in [-0.2, -0.15) is 0 Å². The van der Waals surface area contributed by atoms with Crippen LogP contribution in [0.1, 0.15) is 33.6 Å². The van der Waals surface area contributed by atoms with E-state index in [2.05, 4.69) is 0 Å². The van der Waals surface area contributed by atoms with Crippen molar-refractivity contribution in [1.29, 1.82) is 0 Å². The summed E-state index contributed by atoms with van der Waals surface area (Å²) in [4.78, 5) is 24.7. The maximum Gasteiger partial charge on any atom is 0.167 e. The monoisotopic (exact) mass is 280 g/mol. The number of fused-ring (bicyclic) bond motifs is 2. The number of hydrogen-bond acceptors (Lipinski definition) is 2. The molecule has 2 nitrogen and oxygen atoms in total. The predicted molar refractivity (Wildman–Crippen MR) is 70.3 cm³/mol. The molecular formula is C14H10Cl2O2. The quantitative estimate of drug-likeness (QED) is 0.723. The van der Waals surface area contributed by atoms with Crippen molar-refractivity contribution in [3.63, 3.8) is 0 Å². The number of ketones is 2. The van der Waals surface area contributed by atoms with E-state index in [4.69, 9.17) is 23.2 Å². The molecule has 2 atom stereocenters. The number of rotatable bonds is 0. The van der Waals surface area contributed by atoms with E-state index in [0.29, 0.717) is 34.0 Å². The highest BCUT2D eigenvalue weighted by molar-refractivity contribution is 6.32. The minimum absolute atomic E-state index is 0.0116. The number of carbonyl (C=O) groups is 2. The van der Waals surface area contributed by atoms with Crippen molar-refractivity contribution in [2.45, 2.75) is 12.8 Å². The Hall–Kier alpha value is -1.12. The summed E-state index contributed by atoms with van der Waals surface area (Å²) in [6.07, 6.45) is 2.85. The van der Waals surface area contributed by atoms with Gasteiger partial charge in [-0.05, 0) is 31.0 Å². The molecule has 0 radical (unpaired) electrons. The minimum Gasteiger partial charge on any atom is -0.294 e. The smallest absolute Gasteiger partial charge is 0.167 e. The van der Waals surface area contributed by atoms with Gasteiger partial charge in [0.2, 0.25) is 0 Å². The largest absolute Gasteiger partial charge is 0.294 e. The molecule has 0 saturated carbocycles. The summed E-state index contributed by atoms with van der Waals surface area (Å²) in [5.74, 6) is -0.551. The molecule has 2 unspecified atom stereocenters. The first-order valence-corrected chi connectivity index (χ1v) is 6.56. The van der Waals surface area contributed by atoms with Crippen LogP contribution >= 0.6 is 23.2 Å². The normalized spacial score (nSPS) is 26.4. The third-order valence-corrected chi connectivity index (χ3v) is 4.22. The van der Waals surface area contributed by atoms with Gasteiger partial charge in [0.05, 0.1) is 0 Å². The van der Waals surface area contributed by atoms with Crippen LogP contribution in [-0.2, 0) is 0 Å². The lowest BCUT2D eigenvalue weighted by atomic mass is 9.69. The summed E-state index contributed by atoms with van der Waals surface area (Å²) in [6, 6.07) is 4.87. The van der Waals surface area contributed by atoms with Crippen LogP contribution in [0.2, 0.25) is 5.02 Å². The summed E-state index contributed by atoms with van der Waals surface area (Å²) in [6.45, 7) is 0. The fraction of sp³-hybridized carbons (Fsp3) is 0.286. The van der Waals surface area contributed by atoms with Crippen molar-refractivity contribution >= 4 is 34.8 Å². The maximum absolute atomic E-state index is 12.4. The molecule has 0 heterocycles. The second kappa shape index (κ2) is 4.22. The molecule has 3 rings (SSSR count). The second-order valence-electron chi connectivity index (χ2n) is 4.72. The van der Waals surface area contributed by atoms with Crippen molar-refractivity contribution < 1.29 is 9.59 Å². The lowest BCUT2D eigenvalue weighted by molar-refractivity contribution is 0.0728. The first kappa shape index (κ1) is 11.9. The Bertz CT molecular complexity index is 589. The van der Waals surface area contributed by atoms with E-state index in [9.17, 15) is 9.59 Å². The Morgan fingerprint density at radius 2 is 1.72 bits per heavy atom. The molecule has 92 valence electrons. The van der Waals surface area contributed by atoms with E-state index >= 15 is 0 Å². The van der Waals surface area contributed by atoms with Crippen molar-refractivity contribution in [2.75, 3.05) is 0 Å². The van der Waals surface area contributed by atoms with Gasteiger partial charge in [0.15, 0.2) is 11.6 Å². The summed E-state index contributed by atoms with van der Waals surface area (Å²) in [5, 5.41) is 1.16. The Kier molecular flexibility index (Phi) is 2.80. The van der Waals surface area contributed by atoms with Gasteiger partial charge < -0.3 is 0 Å². The third kappa shape index (κ3) is 1.72. The van der Waals surface area contributed by atoms with Crippen LogP contribution in [0.4, 0.5) is 0 Å². The topological polar surface area (TPSA) is 34.1 Å². The molecule has 2 aliphatic rings. The van der Waals surface area contributed by atoms with E-state index in [0.717, 1.165) is 0 Å². The summed E-state index contributed by atoms with van der Waals surface area (Å²) < 4.78 is 0. The van der Waals surface area contributed by atoms with Crippen LogP contribution in [0.5, 0.6) is 0 Å². The Labute approximate surface area is 115 Å². The number of Topliss-reactive ketones (excluding diaryl/α,β-unsaturated/α-hetero) is 2. The van der Waals surface area contributed by atoms with Crippen molar-refractivity contribution in [3.8, 4) is 0 Å². The number of allylic oxidation sites excluding steroid dienone is 2. The SMILES string of the molecule is O=C1c2cc(Cl)ccc2C(=O)C2CC(Cl)=CCC12. The molecule has 1 aromatic carbocycles. The van der Waals surface area contributed by atoms with Gasteiger partial charge in [-0.25, -0.2) is 0 Å². The highest BCUT2D eigenvalue weighted by Gasteiger charge is 2.42. The van der Waals surface area contributed by atoms with Crippen molar-refractivity contribution in [2.24, 2.45) is 11.8 Å². The van der Waals surface area contributed by atoms with Gasteiger partial charge in [0, 0.05) is 33.0 Å². The number of carbonyl (C=O) groups excluding carboxylic acids is 2. The Morgan fingerprint density at radius 3 is 2.50 bits per heavy atom. The number of benzene rings is 1. The van der Waals surface area contributed by atoms with Crippen LogP contribution in [-0.4, -0.2) is 11.6 Å². The Morgan fingerprint density at radius 1 is 1.00 bits per heavy atom. The molecule has 0 aromatic heterocycles. The summed E-state index contributed by atoms with van der Waals surface area (Å²) in [7, 11) is 0. The molecular weight excluding hydrogens is 271 g/mol. The van der Waals surface area contributed by atoms with E-state index in [-0.39, 0.29) is 23.4 Å². The zero-order chi connectivity index (χ0) is 12.9. The van der Waals surface area contributed by atoms with Gasteiger partial charge in [-0.3, -0.25) is 9.59 Å². The van der Waals surface area contributed by atoms with E-state index < -0.39 is 0 Å². The zero-order valence-corrected chi connectivity index (χ0v) is 11.0. The number of halogens is 2. The molecule has 0 saturated heterocycles. The van der Waals surface area contributed by atoms with Gasteiger partial charge in [-0.1, -0.05) is 29.3 Å². The molecule has 0 bridgehead atoms. The van der Waals surface area contributed by atoms with E-state index in [1.54, 1.807) is 18.2 Å². The summed E-state index contributed by atoms with van der Waals surface area (Å²) >= 11 is 11.9. The molecule has 1 aromatic rings. The first-order valence-electron chi connectivity index (χ1n) is 5.80. The van der Waals surface area contributed by atoms with Gasteiger partial charge in [0.1, 0.15) is 0 Å². The van der Waals surface area contributed by atoms with Gasteiger partial charge in [-0.15, -0.1) is 0 Å². The standard InChI is InChI=1S/C14H10Cl2O2/c15-7-1-3-9-11(5-7)14(18)10-4-2-8(16)6-12(10)13(9)17/h1-3,5,10,12H,4,6H2. The lowest BCUT2D eigenvalue weighted by Crippen LogP contribution is -2.37. The molecule has 18 heavy (non-hydrogen) atoms. The maximum atomic E-state index is 12.4. The van der Waals surface area contributed by atoms with Gasteiger partial charge >= 0.3 is 0 Å². The first-order chi connectivity index (χ1) is 8.58. The molecule has 0 aliphatic heterocycles. The average molecular weight is 281 g/mol. The van der Waals surface area contributed by atoms with Crippen molar-refractivity contribution in [3.05, 3.63) is 45.5 Å². The highest BCUT2D eigenvalue weighted by atomic mass is 35.5. The summed E-state index contributed by atoms with van der Waals surface area (Å²) in [5.41, 5.74) is 0.942. The molecule has 0 spiro atoms. The fourth-order valence-corrected chi connectivity index (χ4v) is 3.18. The fourth-order valence-electron chi connectivity index (χ4n) is 2.75. The minimum atomic E-state index is -0.302. The highest BCUT2D eigenvalue weighted by Crippen LogP contribution is 2.40. The predicted octanol–water partition coefficient (Wildman–Crippen LogP) is 3.87. The lowest BCUT2D eigenvalue weighted by Gasteiger charge is -2.32. The van der Waals surface area contributed by atoms with Gasteiger partial charge in [0.25, 0.3) is 0 Å². The molecule has 2 aliphatic carbocycles. The third-order valence-electron chi connectivity index (χ3n) is 3.68. The van der Waals surface area contributed by atoms with Crippen LogP contribution in [0.15, 0.2) is 29.3 Å². The zero-order valence-electron chi connectivity index (χ0n) is 9.45.